The van der Waals surface area contributed by atoms with Gasteiger partial charge in [0.15, 0.2) is 0 Å². The molecule has 0 bridgehead atoms. The zero-order valence-electron chi connectivity index (χ0n) is 17.5. The van der Waals surface area contributed by atoms with E-state index in [0.717, 1.165) is 32.5 Å². The predicted molar refractivity (Wildman–Crippen MR) is 125 cm³/mol. The second-order valence-electron chi connectivity index (χ2n) is 7.69. The molecule has 0 amide bonds. The molecule has 0 aliphatic carbocycles. The lowest BCUT2D eigenvalue weighted by atomic mass is 10.1. The molecule has 1 unspecified atom stereocenters. The van der Waals surface area contributed by atoms with Crippen LogP contribution < -0.4 is 9.64 Å². The van der Waals surface area contributed by atoms with Crippen molar-refractivity contribution in [2.24, 2.45) is 0 Å². The van der Waals surface area contributed by atoms with Gasteiger partial charge in [0.25, 0.3) is 0 Å². The molecule has 1 aliphatic heterocycles. The van der Waals surface area contributed by atoms with Crippen LogP contribution in [0, 0.1) is 0 Å². The van der Waals surface area contributed by atoms with Crippen LogP contribution in [0.5, 0.6) is 5.88 Å². The lowest BCUT2D eigenvalue weighted by molar-refractivity contribution is 0.281. The van der Waals surface area contributed by atoms with Gasteiger partial charge in [-0.15, -0.1) is 0 Å². The molecule has 0 radical (unpaired) electrons. The number of fused-ring (bicyclic) bond motifs is 2. The molecule has 1 aromatic heterocycles. The minimum atomic E-state index is -1.05. The summed E-state index contributed by atoms with van der Waals surface area (Å²) in [5, 5.41) is 10.3. The summed E-state index contributed by atoms with van der Waals surface area (Å²) in [7, 11) is -1.05. The van der Waals surface area contributed by atoms with E-state index < -0.39 is 10.8 Å². The van der Waals surface area contributed by atoms with Crippen LogP contribution in [0.25, 0.3) is 10.9 Å². The molecule has 3 aromatic carbocycles. The van der Waals surface area contributed by atoms with Gasteiger partial charge in [-0.25, -0.2) is 4.98 Å². The van der Waals surface area contributed by atoms with Crippen molar-refractivity contribution in [3.8, 4) is 5.88 Å². The first kappa shape index (κ1) is 20.6. The number of nitrogens with zero attached hydrogens (tertiary/aromatic N) is 3. The lowest BCUT2D eigenvalue weighted by Gasteiger charge is -2.22. The van der Waals surface area contributed by atoms with Gasteiger partial charge < -0.3 is 14.7 Å². The molecule has 1 aliphatic rings. The SMILES string of the molecule is O=S1CCN(c2nc(OCc3ccccc3)c3cc(CO)ccc3n2)Cc2ccccc21. The van der Waals surface area contributed by atoms with Crippen molar-refractivity contribution in [1.82, 2.24) is 9.97 Å². The number of hydrogen-bond donors (Lipinski definition) is 1. The monoisotopic (exact) mass is 445 g/mol. The quantitative estimate of drug-likeness (QED) is 0.503. The maximum atomic E-state index is 12.7. The first-order valence-corrected chi connectivity index (χ1v) is 11.8. The van der Waals surface area contributed by atoms with Crippen LogP contribution in [0.4, 0.5) is 5.95 Å². The molecule has 6 nitrogen and oxygen atoms in total. The average molecular weight is 446 g/mol. The van der Waals surface area contributed by atoms with E-state index in [1.165, 1.54) is 0 Å². The Morgan fingerprint density at radius 1 is 0.969 bits per heavy atom. The maximum Gasteiger partial charge on any atom is 0.229 e. The van der Waals surface area contributed by atoms with Gasteiger partial charge in [0.05, 0.1) is 28.3 Å². The van der Waals surface area contributed by atoms with Crippen LogP contribution in [0.15, 0.2) is 77.7 Å². The number of aliphatic hydroxyl groups excluding tert-OH is 1. The topological polar surface area (TPSA) is 75.6 Å². The van der Waals surface area contributed by atoms with Gasteiger partial charge in [0.1, 0.15) is 6.61 Å². The standard InChI is InChI=1S/C25H23N3O3S/c29-16-19-10-11-22-21(14-19)24(31-17-18-6-2-1-3-7-18)27-25(26-22)28-12-13-32(30)23-9-5-4-8-20(23)15-28/h1-11,14,29H,12-13,15-17H2. The van der Waals surface area contributed by atoms with Crippen LogP contribution in [0.3, 0.4) is 0 Å². The van der Waals surface area contributed by atoms with Crippen LogP contribution in [0.2, 0.25) is 0 Å². The summed E-state index contributed by atoms with van der Waals surface area (Å²) in [5.74, 6) is 1.54. The van der Waals surface area contributed by atoms with Crippen LogP contribution >= 0.6 is 0 Å². The number of hydrogen-bond acceptors (Lipinski definition) is 6. The molecular formula is C25H23N3O3S. The Labute approximate surface area is 189 Å². The van der Waals surface area contributed by atoms with Crippen LogP contribution in [0.1, 0.15) is 16.7 Å². The fourth-order valence-electron chi connectivity index (χ4n) is 3.83. The summed E-state index contributed by atoms with van der Waals surface area (Å²) in [6, 6.07) is 23.4. The Morgan fingerprint density at radius 2 is 1.78 bits per heavy atom. The Kier molecular flexibility index (Phi) is 5.83. The van der Waals surface area contributed by atoms with Gasteiger partial charge in [0, 0.05) is 23.7 Å². The summed E-state index contributed by atoms with van der Waals surface area (Å²) in [4.78, 5) is 12.5. The largest absolute Gasteiger partial charge is 0.472 e. The number of rotatable bonds is 5. The summed E-state index contributed by atoms with van der Waals surface area (Å²) in [5.41, 5.74) is 3.58. The molecule has 1 N–H and O–H groups in total. The molecule has 5 rings (SSSR count). The second kappa shape index (κ2) is 9.06. The third kappa shape index (κ3) is 4.22. The normalized spacial score (nSPS) is 15.9. The molecule has 0 saturated carbocycles. The Bertz CT molecular complexity index is 1280. The third-order valence-corrected chi connectivity index (χ3v) is 6.97. The number of benzene rings is 3. The molecule has 162 valence electrons. The summed E-state index contributed by atoms with van der Waals surface area (Å²) in [6.07, 6.45) is 0. The van der Waals surface area contributed by atoms with E-state index in [-0.39, 0.29) is 6.61 Å². The van der Waals surface area contributed by atoms with Gasteiger partial charge >= 0.3 is 0 Å². The molecule has 0 fully saturated rings. The van der Waals surface area contributed by atoms with E-state index in [0.29, 0.717) is 37.3 Å². The van der Waals surface area contributed by atoms with Gasteiger partial charge in [-0.1, -0.05) is 54.6 Å². The molecule has 4 aromatic rings. The fourth-order valence-corrected chi connectivity index (χ4v) is 5.09. The molecule has 0 spiro atoms. The van der Waals surface area contributed by atoms with E-state index in [1.54, 1.807) is 0 Å². The van der Waals surface area contributed by atoms with E-state index in [4.69, 9.17) is 14.7 Å². The Morgan fingerprint density at radius 3 is 2.62 bits per heavy atom. The van der Waals surface area contributed by atoms with E-state index in [9.17, 15) is 9.32 Å². The van der Waals surface area contributed by atoms with Gasteiger partial charge in [0.2, 0.25) is 11.8 Å². The molecular weight excluding hydrogens is 422 g/mol. The first-order chi connectivity index (χ1) is 15.7. The van der Waals surface area contributed by atoms with E-state index in [1.807, 2.05) is 72.8 Å². The van der Waals surface area contributed by atoms with Gasteiger partial charge in [-0.2, -0.15) is 4.98 Å². The molecule has 1 atom stereocenters. The number of aromatic nitrogens is 2. The molecule has 0 saturated heterocycles. The van der Waals surface area contributed by atoms with Gasteiger partial charge in [-0.05, 0) is 34.9 Å². The summed E-state index contributed by atoms with van der Waals surface area (Å²) < 4.78 is 18.8. The summed E-state index contributed by atoms with van der Waals surface area (Å²) in [6.45, 7) is 1.48. The van der Waals surface area contributed by atoms with E-state index >= 15 is 0 Å². The van der Waals surface area contributed by atoms with Crippen molar-refractivity contribution in [3.63, 3.8) is 0 Å². The lowest BCUT2D eigenvalue weighted by Crippen LogP contribution is -2.27. The van der Waals surface area contributed by atoms with Crippen molar-refractivity contribution in [1.29, 1.82) is 0 Å². The predicted octanol–water partition coefficient (Wildman–Crippen LogP) is 3.83. The molecule has 32 heavy (non-hydrogen) atoms. The Hall–Kier alpha value is -3.29. The number of aliphatic hydroxyl groups is 1. The smallest absolute Gasteiger partial charge is 0.229 e. The molecule has 2 heterocycles. The number of ether oxygens (including phenoxy) is 1. The maximum absolute atomic E-state index is 12.7. The van der Waals surface area contributed by atoms with Crippen LogP contribution in [-0.4, -0.2) is 31.6 Å². The van der Waals surface area contributed by atoms with Crippen molar-refractivity contribution < 1.29 is 14.1 Å². The fraction of sp³-hybridized carbons (Fsp3) is 0.200. The van der Waals surface area contributed by atoms with Crippen molar-refractivity contribution >= 4 is 27.7 Å². The zero-order chi connectivity index (χ0) is 21.9. The number of anilines is 1. The highest BCUT2D eigenvalue weighted by atomic mass is 32.2. The highest BCUT2D eigenvalue weighted by molar-refractivity contribution is 7.85. The minimum Gasteiger partial charge on any atom is -0.472 e. The average Bonchev–Trinajstić information content (AvgIpc) is 3.01. The summed E-state index contributed by atoms with van der Waals surface area (Å²) >= 11 is 0. The third-order valence-electron chi connectivity index (χ3n) is 5.52. The van der Waals surface area contributed by atoms with Crippen molar-refractivity contribution in [3.05, 3.63) is 89.5 Å². The first-order valence-electron chi connectivity index (χ1n) is 10.5. The zero-order valence-corrected chi connectivity index (χ0v) is 18.3. The second-order valence-corrected chi connectivity index (χ2v) is 9.23. The van der Waals surface area contributed by atoms with Gasteiger partial charge in [-0.3, -0.25) is 4.21 Å². The molecule has 7 heteroatoms. The minimum absolute atomic E-state index is 0.0649. The van der Waals surface area contributed by atoms with Crippen molar-refractivity contribution in [2.75, 3.05) is 17.2 Å². The highest BCUT2D eigenvalue weighted by Gasteiger charge is 2.22. The highest BCUT2D eigenvalue weighted by Crippen LogP contribution is 2.29. The van der Waals surface area contributed by atoms with Crippen LogP contribution in [-0.2, 0) is 30.6 Å². The Balaban J connectivity index is 1.54. The van der Waals surface area contributed by atoms with Crippen molar-refractivity contribution in [2.45, 2.75) is 24.7 Å². The van der Waals surface area contributed by atoms with E-state index in [2.05, 4.69) is 4.90 Å².